The smallest absolute Gasteiger partial charge is 0.164 e. The normalized spacial score (nSPS) is 11.3. The molecule has 0 spiro atoms. The zero-order chi connectivity index (χ0) is 15.0. The number of hydrogen-bond donors (Lipinski definition) is 0. The van der Waals surface area contributed by atoms with Gasteiger partial charge in [-0.3, -0.25) is 4.79 Å². The standard InChI is InChI=1S/C17H26BrNO/c1-4-5-6-12-19(14(2)3)13-11-17(20)15-7-9-16(18)10-8-15/h7-10,14H,4-6,11-13H2,1-3H3. The molecule has 0 heterocycles. The van der Waals surface area contributed by atoms with Crippen LogP contribution in [0.4, 0.5) is 0 Å². The van der Waals surface area contributed by atoms with E-state index in [-0.39, 0.29) is 5.78 Å². The maximum atomic E-state index is 12.2. The molecular formula is C17H26BrNO. The molecule has 3 heteroatoms. The summed E-state index contributed by atoms with van der Waals surface area (Å²) in [5, 5.41) is 0. The minimum Gasteiger partial charge on any atom is -0.300 e. The predicted octanol–water partition coefficient (Wildman–Crippen LogP) is 4.92. The summed E-state index contributed by atoms with van der Waals surface area (Å²) >= 11 is 3.39. The van der Waals surface area contributed by atoms with Crippen LogP contribution in [0.1, 0.15) is 56.8 Å². The van der Waals surface area contributed by atoms with Gasteiger partial charge in [0.25, 0.3) is 0 Å². The van der Waals surface area contributed by atoms with Gasteiger partial charge in [0.2, 0.25) is 0 Å². The molecule has 0 bridgehead atoms. The van der Waals surface area contributed by atoms with Crippen molar-refractivity contribution in [1.29, 1.82) is 0 Å². The number of carbonyl (C=O) groups is 1. The number of nitrogens with zero attached hydrogens (tertiary/aromatic N) is 1. The second-order valence-corrected chi connectivity index (χ2v) is 6.43. The molecule has 0 aliphatic heterocycles. The summed E-state index contributed by atoms with van der Waals surface area (Å²) < 4.78 is 1.01. The third-order valence-electron chi connectivity index (χ3n) is 3.57. The van der Waals surface area contributed by atoms with E-state index in [0.29, 0.717) is 12.5 Å². The molecule has 112 valence electrons. The highest BCUT2D eigenvalue weighted by Crippen LogP contribution is 2.13. The number of ketones is 1. The molecule has 2 nitrogen and oxygen atoms in total. The van der Waals surface area contributed by atoms with Crippen molar-refractivity contribution >= 4 is 21.7 Å². The molecule has 0 aliphatic rings. The summed E-state index contributed by atoms with van der Waals surface area (Å²) in [6, 6.07) is 8.14. The van der Waals surface area contributed by atoms with Crippen molar-refractivity contribution in [2.24, 2.45) is 0 Å². The van der Waals surface area contributed by atoms with E-state index in [1.807, 2.05) is 24.3 Å². The summed E-state index contributed by atoms with van der Waals surface area (Å²) in [6.45, 7) is 8.58. The number of benzene rings is 1. The topological polar surface area (TPSA) is 20.3 Å². The number of hydrogen-bond acceptors (Lipinski definition) is 2. The van der Waals surface area contributed by atoms with Gasteiger partial charge in [0.1, 0.15) is 0 Å². The third kappa shape index (κ3) is 6.19. The monoisotopic (exact) mass is 339 g/mol. The Balaban J connectivity index is 2.45. The highest BCUT2D eigenvalue weighted by atomic mass is 79.9. The maximum Gasteiger partial charge on any atom is 0.164 e. The van der Waals surface area contributed by atoms with Crippen LogP contribution in [0.2, 0.25) is 0 Å². The Morgan fingerprint density at radius 2 is 1.80 bits per heavy atom. The van der Waals surface area contributed by atoms with Crippen molar-refractivity contribution in [2.75, 3.05) is 13.1 Å². The minimum absolute atomic E-state index is 0.235. The zero-order valence-corrected chi connectivity index (χ0v) is 14.4. The van der Waals surface area contributed by atoms with Crippen LogP contribution in [0.15, 0.2) is 28.7 Å². The van der Waals surface area contributed by atoms with Gasteiger partial charge >= 0.3 is 0 Å². The van der Waals surface area contributed by atoms with Crippen molar-refractivity contribution < 1.29 is 4.79 Å². The Kier molecular flexibility index (Phi) is 8.08. The van der Waals surface area contributed by atoms with Crippen LogP contribution in [0.5, 0.6) is 0 Å². The van der Waals surface area contributed by atoms with Crippen LogP contribution < -0.4 is 0 Å². The third-order valence-corrected chi connectivity index (χ3v) is 4.10. The molecule has 0 amide bonds. The van der Waals surface area contributed by atoms with E-state index in [0.717, 1.165) is 23.1 Å². The lowest BCUT2D eigenvalue weighted by atomic mass is 10.1. The molecule has 1 aromatic rings. The van der Waals surface area contributed by atoms with Gasteiger partial charge in [0.05, 0.1) is 0 Å². The highest BCUT2D eigenvalue weighted by Gasteiger charge is 2.12. The summed E-state index contributed by atoms with van der Waals surface area (Å²) in [7, 11) is 0. The largest absolute Gasteiger partial charge is 0.300 e. The molecule has 0 atom stereocenters. The van der Waals surface area contributed by atoms with Gasteiger partial charge in [-0.25, -0.2) is 0 Å². The molecule has 1 aromatic carbocycles. The SMILES string of the molecule is CCCCCN(CCC(=O)c1ccc(Br)cc1)C(C)C. The second-order valence-electron chi connectivity index (χ2n) is 5.52. The lowest BCUT2D eigenvalue weighted by Crippen LogP contribution is -2.33. The average Bonchev–Trinajstić information content (AvgIpc) is 2.42. The molecule has 0 radical (unpaired) electrons. The van der Waals surface area contributed by atoms with E-state index >= 15 is 0 Å². The van der Waals surface area contributed by atoms with Crippen LogP contribution in [0.25, 0.3) is 0 Å². The molecular weight excluding hydrogens is 314 g/mol. The lowest BCUT2D eigenvalue weighted by Gasteiger charge is -2.26. The van der Waals surface area contributed by atoms with Crippen molar-refractivity contribution in [3.05, 3.63) is 34.3 Å². The fraction of sp³-hybridized carbons (Fsp3) is 0.588. The molecule has 0 N–H and O–H groups in total. The van der Waals surface area contributed by atoms with Crippen molar-refractivity contribution in [3.63, 3.8) is 0 Å². The van der Waals surface area contributed by atoms with E-state index < -0.39 is 0 Å². The fourth-order valence-corrected chi connectivity index (χ4v) is 2.48. The van der Waals surface area contributed by atoms with Gasteiger partial charge in [-0.15, -0.1) is 0 Å². The summed E-state index contributed by atoms with van der Waals surface area (Å²) in [6.07, 6.45) is 4.33. The van der Waals surface area contributed by atoms with E-state index in [4.69, 9.17) is 0 Å². The molecule has 1 rings (SSSR count). The quantitative estimate of drug-likeness (QED) is 0.470. The first kappa shape index (κ1) is 17.4. The Morgan fingerprint density at radius 1 is 1.15 bits per heavy atom. The minimum atomic E-state index is 0.235. The highest BCUT2D eigenvalue weighted by molar-refractivity contribution is 9.10. The lowest BCUT2D eigenvalue weighted by molar-refractivity contribution is 0.0955. The summed E-state index contributed by atoms with van der Waals surface area (Å²) in [5.41, 5.74) is 0.811. The van der Waals surface area contributed by atoms with E-state index in [9.17, 15) is 4.79 Å². The Bertz CT molecular complexity index is 400. The van der Waals surface area contributed by atoms with Gasteiger partial charge in [-0.05, 0) is 38.9 Å². The Labute approximate surface area is 131 Å². The van der Waals surface area contributed by atoms with E-state index in [1.165, 1.54) is 19.3 Å². The average molecular weight is 340 g/mol. The van der Waals surface area contributed by atoms with Crippen molar-refractivity contribution in [3.8, 4) is 0 Å². The second kappa shape index (κ2) is 9.30. The molecule has 0 saturated heterocycles. The molecule has 0 fully saturated rings. The van der Waals surface area contributed by atoms with Crippen molar-refractivity contribution in [1.82, 2.24) is 4.90 Å². The Morgan fingerprint density at radius 3 is 2.35 bits per heavy atom. The summed E-state index contributed by atoms with van der Waals surface area (Å²) in [5.74, 6) is 0.235. The van der Waals surface area contributed by atoms with Crippen molar-refractivity contribution in [2.45, 2.75) is 52.5 Å². The number of halogens is 1. The van der Waals surface area contributed by atoms with Crippen LogP contribution >= 0.6 is 15.9 Å². The first-order chi connectivity index (χ1) is 9.54. The molecule has 0 saturated carbocycles. The molecule has 0 unspecified atom stereocenters. The molecule has 20 heavy (non-hydrogen) atoms. The van der Waals surface area contributed by atoms with Gasteiger partial charge in [-0.1, -0.05) is 47.8 Å². The first-order valence-electron chi connectivity index (χ1n) is 7.57. The fourth-order valence-electron chi connectivity index (χ4n) is 2.22. The van der Waals surface area contributed by atoms with Gasteiger partial charge in [0, 0.05) is 29.0 Å². The number of unbranched alkanes of at least 4 members (excludes halogenated alkanes) is 2. The zero-order valence-electron chi connectivity index (χ0n) is 12.9. The number of Topliss-reactive ketones (excluding diaryl/α,β-unsaturated/α-hetero) is 1. The first-order valence-corrected chi connectivity index (χ1v) is 8.36. The summed E-state index contributed by atoms with van der Waals surface area (Å²) in [4.78, 5) is 14.6. The number of carbonyl (C=O) groups excluding carboxylic acids is 1. The van der Waals surface area contributed by atoms with E-state index in [2.05, 4.69) is 41.6 Å². The maximum absolute atomic E-state index is 12.2. The van der Waals surface area contributed by atoms with Crippen LogP contribution in [-0.2, 0) is 0 Å². The predicted molar refractivity (Wildman–Crippen MR) is 89.3 cm³/mol. The van der Waals surface area contributed by atoms with Crippen LogP contribution in [-0.4, -0.2) is 29.8 Å². The number of rotatable bonds is 9. The molecule has 0 aliphatic carbocycles. The van der Waals surface area contributed by atoms with Gasteiger partial charge in [-0.2, -0.15) is 0 Å². The van der Waals surface area contributed by atoms with E-state index in [1.54, 1.807) is 0 Å². The van der Waals surface area contributed by atoms with Gasteiger partial charge < -0.3 is 4.90 Å². The molecule has 0 aromatic heterocycles. The van der Waals surface area contributed by atoms with Crippen LogP contribution in [0.3, 0.4) is 0 Å². The van der Waals surface area contributed by atoms with Gasteiger partial charge in [0.15, 0.2) is 5.78 Å². The van der Waals surface area contributed by atoms with Crippen LogP contribution in [0, 0.1) is 0 Å². The Hall–Kier alpha value is -0.670.